The van der Waals surface area contributed by atoms with Gasteiger partial charge in [0.05, 0.1) is 47.3 Å². The molecule has 0 amide bonds. The molecule has 0 unspecified atom stereocenters. The van der Waals surface area contributed by atoms with Crippen molar-refractivity contribution in [2.24, 2.45) is 0 Å². The van der Waals surface area contributed by atoms with Crippen LogP contribution in [0.15, 0.2) is 370 Å². The maximum atomic E-state index is 7.18. The number of nitrogens with zero attached hydrogens (tertiary/aromatic N) is 12. The summed E-state index contributed by atoms with van der Waals surface area (Å²) in [6, 6.07) is 134. The predicted molar refractivity (Wildman–Crippen MR) is 618 cm³/mol. The molecular formula is C132H122N12. The van der Waals surface area contributed by atoms with Gasteiger partial charge >= 0.3 is 0 Å². The van der Waals surface area contributed by atoms with Crippen molar-refractivity contribution in [3.8, 4) is 11.4 Å². The summed E-state index contributed by atoms with van der Waals surface area (Å²) in [5.74, 6) is 0. The van der Waals surface area contributed by atoms with Crippen LogP contribution < -0.4 is 0 Å². The minimum Gasteiger partial charge on any atom is -0.339 e. The Morgan fingerprint density at radius 3 is 0.771 bits per heavy atom. The van der Waals surface area contributed by atoms with E-state index in [4.69, 9.17) is 19.7 Å². The highest BCUT2D eigenvalue weighted by Crippen LogP contribution is 2.47. The highest BCUT2D eigenvalue weighted by molar-refractivity contribution is 6.29. The molecule has 0 spiro atoms. The summed E-state index contributed by atoms with van der Waals surface area (Å²) in [6.07, 6.45) is 0. The van der Waals surface area contributed by atoms with Gasteiger partial charge in [-0.15, -0.1) is 0 Å². The second kappa shape index (κ2) is 39.3. The van der Waals surface area contributed by atoms with Gasteiger partial charge in [0.1, 0.15) is 5.65 Å². The lowest BCUT2D eigenvalue weighted by molar-refractivity contribution is 0.634. The van der Waals surface area contributed by atoms with Gasteiger partial charge in [-0.1, -0.05) is 235 Å². The first-order valence-electron chi connectivity index (χ1n) is 50.6. The van der Waals surface area contributed by atoms with Crippen LogP contribution in [0.2, 0.25) is 0 Å². The second-order valence-corrected chi connectivity index (χ2v) is 40.3. The highest BCUT2D eigenvalue weighted by atomic mass is 15.2. The molecule has 0 bridgehead atoms. The standard InChI is InChI=1S/C27H22N2.C23H20N2.C17H16N2.C17H19N.2C16H14N2.C16H17N/c1-18(2)28-22-14-8-6-12-20(22)26-24(28)16-17-25-27(26)21-13-7-9-15-23(21)29(25)19-10-4-3-5-11-19;1-16(2)24-20-14-8-6-12-18(20)22-19-13-7-9-15-21(19)25(23(22)24)17-10-4-3-5-11-17;1-11(2)19-16-7-5-12(3)9-14(16)15-10-13(18-4)6-8-17(15)19;1-11(2)18-16-7-5-12(3)9-14(16)15-10-13(4)6-8-17(15)18;1-11(2)18-15-7-5-4-6-13(15)14-10-12(17-3)8-9-16(14)18;1-11(2)18-15-7-5-4-6-13(15)14-9-8-12(17-3)10-16(14)18;1-11(2)17-15-7-5-4-6-13(15)14-10-12(3)8-9-16(14)17/h3-18H,1-2H3;3-16H,1-2H3;5-11H,1-3H3;5-11H,1-4H3;2*4-11H,1-2H3;4-11H,1-3H3. The molecule has 9 heterocycles. The monoisotopic (exact) mass is 1870 g/mol. The third-order valence-corrected chi connectivity index (χ3v) is 28.4. The van der Waals surface area contributed by atoms with Crippen LogP contribution in [0, 0.1) is 47.4 Å². The van der Waals surface area contributed by atoms with Crippen LogP contribution in [0.3, 0.4) is 0 Å². The SMILES string of the molecule is CC(C)n1c2ccccc2c2c3c4ccccc4n(-c4ccccc4)c3ccc21.CC(C)n1c2ccccc2c2c3ccccc3n(-c3ccccc3)c21.Cc1ccc2c(c1)c1cc(C)ccc1n2C(C)C.Cc1ccc2c(c1)c1ccccc1n2C(C)C.[C-]#[N+]c1ccc2c(c1)c1cc(C)ccc1n2C(C)C.[C-]#[N+]c1ccc2c(c1)c1ccccc1n2C(C)C.[C-]#[N+]c1ccc2c3ccccc3n(C(C)C)c2c1. The third kappa shape index (κ3) is 16.9. The van der Waals surface area contributed by atoms with Crippen LogP contribution >= 0.6 is 0 Å². The normalized spacial score (nSPS) is 11.7. The van der Waals surface area contributed by atoms with Crippen molar-refractivity contribution in [3.05, 3.63) is 427 Å². The average Bonchev–Trinajstić information content (AvgIpc) is 1.54. The Morgan fingerprint density at radius 2 is 0.389 bits per heavy atom. The number of benzene rings is 17. The second-order valence-electron chi connectivity index (χ2n) is 40.3. The van der Waals surface area contributed by atoms with Gasteiger partial charge in [-0.3, -0.25) is 4.57 Å². The molecule has 0 N–H and O–H groups in total. The first-order chi connectivity index (χ1) is 69.8. The summed E-state index contributed by atoms with van der Waals surface area (Å²) >= 11 is 0. The molecule has 12 heteroatoms. The third-order valence-electron chi connectivity index (χ3n) is 28.4. The van der Waals surface area contributed by atoms with E-state index in [1.807, 2.05) is 36.4 Å². The fourth-order valence-corrected chi connectivity index (χ4v) is 22.6. The number of aromatic nitrogens is 9. The fraction of sp³-hybridized carbons (Fsp3) is 0.189. The molecule has 0 fully saturated rings. The molecule has 9 aromatic heterocycles. The van der Waals surface area contributed by atoms with Crippen LogP contribution in [0.25, 0.3) is 211 Å². The van der Waals surface area contributed by atoms with Crippen LogP contribution in [0.4, 0.5) is 17.1 Å². The maximum Gasteiger partial charge on any atom is 0.189 e. The van der Waals surface area contributed by atoms with Crippen molar-refractivity contribution >= 4 is 203 Å². The summed E-state index contributed by atoms with van der Waals surface area (Å²) < 4.78 is 21.6. The van der Waals surface area contributed by atoms with Crippen LogP contribution in [0.5, 0.6) is 0 Å². The lowest BCUT2D eigenvalue weighted by Crippen LogP contribution is -2.05. The molecule has 0 aliphatic heterocycles. The smallest absolute Gasteiger partial charge is 0.189 e. The summed E-state index contributed by atoms with van der Waals surface area (Å²) in [4.78, 5) is 10.6. The minimum atomic E-state index is 0.383. The zero-order chi connectivity index (χ0) is 100. The van der Waals surface area contributed by atoms with Crippen molar-refractivity contribution in [1.82, 2.24) is 41.1 Å². The van der Waals surface area contributed by atoms with Gasteiger partial charge < -0.3 is 36.5 Å². The van der Waals surface area contributed by atoms with Crippen LogP contribution in [-0.4, -0.2) is 41.1 Å². The average molecular weight is 1880 g/mol. The topological polar surface area (TPSA) is 57.4 Å². The van der Waals surface area contributed by atoms with Gasteiger partial charge in [-0.05, 0) is 293 Å². The van der Waals surface area contributed by atoms with E-state index in [0.29, 0.717) is 59.4 Å². The highest BCUT2D eigenvalue weighted by Gasteiger charge is 2.26. The van der Waals surface area contributed by atoms with Crippen molar-refractivity contribution in [2.45, 2.75) is 167 Å². The van der Waals surface area contributed by atoms with E-state index >= 15 is 0 Å². The summed E-state index contributed by atoms with van der Waals surface area (Å²) in [5.41, 5.74) is 31.4. The molecule has 26 aromatic rings. The molecule has 0 radical (unpaired) electrons. The van der Waals surface area contributed by atoms with Gasteiger partial charge in [0.2, 0.25) is 0 Å². The Balaban J connectivity index is 0.000000103. The van der Waals surface area contributed by atoms with E-state index in [9.17, 15) is 0 Å². The molecule has 0 aliphatic rings. The quantitative estimate of drug-likeness (QED) is 0.129. The largest absolute Gasteiger partial charge is 0.339 e. The fourth-order valence-electron chi connectivity index (χ4n) is 22.6. The number of hydrogen-bond donors (Lipinski definition) is 0. The van der Waals surface area contributed by atoms with Gasteiger partial charge in [-0.2, -0.15) is 0 Å². The van der Waals surface area contributed by atoms with E-state index in [0.717, 1.165) is 5.52 Å². The van der Waals surface area contributed by atoms with Crippen molar-refractivity contribution < 1.29 is 0 Å². The first kappa shape index (κ1) is 94.7. The summed E-state index contributed by atoms with van der Waals surface area (Å²) in [7, 11) is 0. The number of para-hydroxylation sites is 9. The molecule has 26 rings (SSSR count). The zero-order valence-corrected chi connectivity index (χ0v) is 85.6. The van der Waals surface area contributed by atoms with E-state index in [-0.39, 0.29) is 0 Å². The van der Waals surface area contributed by atoms with Crippen LogP contribution in [0.1, 0.15) is 161 Å². The van der Waals surface area contributed by atoms with E-state index in [1.54, 1.807) is 0 Å². The van der Waals surface area contributed by atoms with Gasteiger partial charge in [0, 0.05) is 195 Å². The molecular weight excluding hydrogens is 1750 g/mol. The molecule has 710 valence electrons. The molecule has 17 aromatic carbocycles. The molecule has 0 saturated carbocycles. The molecule has 144 heavy (non-hydrogen) atoms. The Bertz CT molecular complexity index is 9480. The van der Waals surface area contributed by atoms with Gasteiger partial charge in [0.15, 0.2) is 17.1 Å². The number of aryl methyl sites for hydroxylation is 4. The lowest BCUT2D eigenvalue weighted by Gasteiger charge is -2.15. The van der Waals surface area contributed by atoms with Crippen molar-refractivity contribution in [1.29, 1.82) is 0 Å². The summed E-state index contributed by atoms with van der Waals surface area (Å²) in [6.45, 7) is 61.2. The lowest BCUT2D eigenvalue weighted by atomic mass is 10.1. The molecule has 0 atom stereocenters. The van der Waals surface area contributed by atoms with E-state index in [1.165, 1.54) is 214 Å². The Labute approximate surface area is 842 Å². The van der Waals surface area contributed by atoms with Crippen molar-refractivity contribution in [2.75, 3.05) is 0 Å². The zero-order valence-electron chi connectivity index (χ0n) is 85.6. The number of rotatable bonds is 9. The van der Waals surface area contributed by atoms with Gasteiger partial charge in [-0.25, -0.2) is 14.5 Å². The van der Waals surface area contributed by atoms with E-state index < -0.39 is 0 Å². The summed E-state index contributed by atoms with van der Waals surface area (Å²) in [5, 5.41) is 22.1. The minimum absolute atomic E-state index is 0.383. The van der Waals surface area contributed by atoms with E-state index in [2.05, 4.69) is 514 Å². The molecule has 0 saturated heterocycles. The molecule has 0 aliphatic carbocycles. The number of hydrogen-bond acceptors (Lipinski definition) is 0. The van der Waals surface area contributed by atoms with Crippen molar-refractivity contribution in [3.63, 3.8) is 0 Å². The molecule has 12 nitrogen and oxygen atoms in total. The first-order valence-corrected chi connectivity index (χ1v) is 50.6. The maximum absolute atomic E-state index is 7.18. The number of fused-ring (bicyclic) bond motifs is 27. The van der Waals surface area contributed by atoms with Crippen LogP contribution in [-0.2, 0) is 0 Å². The Kier molecular flexibility index (Phi) is 25.9. The Hall–Kier alpha value is -16.9. The predicted octanol–water partition coefficient (Wildman–Crippen LogP) is 38.6. The Morgan fingerprint density at radius 1 is 0.167 bits per heavy atom. The van der Waals surface area contributed by atoms with Gasteiger partial charge in [0.25, 0.3) is 0 Å².